The smallest absolute Gasteiger partial charge is 0.283 e. The Balaban J connectivity index is 2.14. The molecule has 1 N–H and O–H groups in total. The van der Waals surface area contributed by atoms with Crippen molar-refractivity contribution in [3.05, 3.63) is 21.0 Å². The van der Waals surface area contributed by atoms with Crippen molar-refractivity contribution in [1.82, 2.24) is 9.78 Å². The minimum atomic E-state index is -3.19. The third kappa shape index (κ3) is 3.85. The molecule has 2 rings (SSSR count). The molecule has 8 heteroatoms. The lowest BCUT2D eigenvalue weighted by atomic mass is 10.2. The summed E-state index contributed by atoms with van der Waals surface area (Å²) in [5, 5.41) is 7.14. The van der Waals surface area contributed by atoms with Gasteiger partial charge in [0.1, 0.15) is 4.47 Å². The summed E-state index contributed by atoms with van der Waals surface area (Å²) in [6, 6.07) is 0. The average molecular weight is 378 g/mol. The Morgan fingerprint density at radius 1 is 1.48 bits per heavy atom. The Kier molecular flexibility index (Phi) is 4.49. The molecule has 1 aromatic rings. The van der Waals surface area contributed by atoms with Gasteiger partial charge in [-0.1, -0.05) is 0 Å². The fraction of sp³-hybridized carbons (Fsp3) is 0.692. The molecule has 1 aliphatic rings. The second-order valence-corrected chi connectivity index (χ2v) is 9.63. The van der Waals surface area contributed by atoms with Crippen LogP contribution in [0.25, 0.3) is 0 Å². The Labute approximate surface area is 133 Å². The lowest BCUT2D eigenvalue weighted by Crippen LogP contribution is -2.38. The molecule has 0 bridgehead atoms. The first kappa shape index (κ1) is 16.5. The summed E-state index contributed by atoms with van der Waals surface area (Å²) in [5.74, 6) is 0.560. The summed E-state index contributed by atoms with van der Waals surface area (Å²) >= 11 is 3.27. The van der Waals surface area contributed by atoms with E-state index in [2.05, 4.69) is 26.3 Å². The van der Waals surface area contributed by atoms with E-state index in [0.29, 0.717) is 22.6 Å². The van der Waals surface area contributed by atoms with Gasteiger partial charge in [0.2, 0.25) is 0 Å². The van der Waals surface area contributed by atoms with Crippen molar-refractivity contribution in [1.29, 1.82) is 0 Å². The monoisotopic (exact) mass is 377 g/mol. The number of aromatic nitrogens is 2. The zero-order valence-corrected chi connectivity index (χ0v) is 14.8. The second-order valence-electron chi connectivity index (χ2n) is 6.19. The number of nitrogens with one attached hydrogen (secondary N) is 1. The number of sulfone groups is 1. The normalized spacial score (nSPS) is 16.0. The number of anilines is 1. The van der Waals surface area contributed by atoms with Gasteiger partial charge in [0.25, 0.3) is 5.56 Å². The van der Waals surface area contributed by atoms with Crippen LogP contribution in [0.5, 0.6) is 0 Å². The van der Waals surface area contributed by atoms with Crippen molar-refractivity contribution in [3.63, 3.8) is 0 Å². The highest BCUT2D eigenvalue weighted by Crippen LogP contribution is 2.30. The van der Waals surface area contributed by atoms with E-state index in [1.165, 1.54) is 10.9 Å². The van der Waals surface area contributed by atoms with E-state index in [1.54, 1.807) is 20.0 Å². The predicted octanol–water partition coefficient (Wildman–Crippen LogP) is 1.65. The molecule has 0 unspecified atom stereocenters. The molecule has 118 valence electrons. The molecule has 1 saturated carbocycles. The highest BCUT2D eigenvalue weighted by atomic mass is 79.9. The summed E-state index contributed by atoms with van der Waals surface area (Å²) in [5.41, 5.74) is 0.327. The van der Waals surface area contributed by atoms with E-state index < -0.39 is 14.6 Å². The van der Waals surface area contributed by atoms with Gasteiger partial charge in [0.05, 0.1) is 16.6 Å². The summed E-state index contributed by atoms with van der Waals surface area (Å²) in [6.45, 7) is 4.14. The van der Waals surface area contributed by atoms with Gasteiger partial charge in [0.15, 0.2) is 9.84 Å². The third-order valence-electron chi connectivity index (χ3n) is 3.82. The second kappa shape index (κ2) is 5.72. The minimum absolute atomic E-state index is 0.191. The van der Waals surface area contributed by atoms with Gasteiger partial charge in [-0.3, -0.25) is 4.79 Å². The van der Waals surface area contributed by atoms with Crippen molar-refractivity contribution in [3.8, 4) is 0 Å². The molecule has 0 aliphatic heterocycles. The Morgan fingerprint density at radius 2 is 2.10 bits per heavy atom. The molecule has 0 aromatic carbocycles. The van der Waals surface area contributed by atoms with Crippen LogP contribution in [0.3, 0.4) is 0 Å². The van der Waals surface area contributed by atoms with Crippen molar-refractivity contribution < 1.29 is 8.42 Å². The molecular formula is C13H20BrN3O3S. The van der Waals surface area contributed by atoms with Crippen LogP contribution in [0.15, 0.2) is 15.5 Å². The lowest BCUT2D eigenvalue weighted by molar-refractivity contribution is 0.531. The van der Waals surface area contributed by atoms with Crippen LogP contribution >= 0.6 is 15.9 Å². The fourth-order valence-corrected chi connectivity index (χ4v) is 2.48. The number of rotatable bonds is 6. The molecule has 0 radical (unpaired) electrons. The van der Waals surface area contributed by atoms with Gasteiger partial charge in [-0.25, -0.2) is 13.1 Å². The van der Waals surface area contributed by atoms with E-state index in [0.717, 1.165) is 12.8 Å². The molecular weight excluding hydrogens is 358 g/mol. The zero-order valence-electron chi connectivity index (χ0n) is 12.4. The molecule has 0 spiro atoms. The van der Waals surface area contributed by atoms with Gasteiger partial charge in [-0.15, -0.1) is 0 Å². The zero-order chi connectivity index (χ0) is 15.8. The van der Waals surface area contributed by atoms with Crippen molar-refractivity contribution in [2.45, 2.75) is 38.0 Å². The Bertz CT molecular complexity index is 693. The SMILES string of the molecule is CC(C)(CNc1cnn(CC2CC2)c(=O)c1Br)S(C)(=O)=O. The van der Waals surface area contributed by atoms with Gasteiger partial charge >= 0.3 is 0 Å². The van der Waals surface area contributed by atoms with Crippen LogP contribution in [0.1, 0.15) is 26.7 Å². The molecule has 1 fully saturated rings. The van der Waals surface area contributed by atoms with E-state index in [-0.39, 0.29) is 12.1 Å². The maximum absolute atomic E-state index is 12.2. The first-order valence-electron chi connectivity index (χ1n) is 6.81. The van der Waals surface area contributed by atoms with Gasteiger partial charge in [0, 0.05) is 19.3 Å². The summed E-state index contributed by atoms with van der Waals surface area (Å²) in [4.78, 5) is 12.2. The van der Waals surface area contributed by atoms with E-state index in [1.807, 2.05) is 0 Å². The van der Waals surface area contributed by atoms with Crippen LogP contribution in [-0.4, -0.2) is 35.7 Å². The van der Waals surface area contributed by atoms with Gasteiger partial charge in [-0.05, 0) is 48.5 Å². The van der Waals surface area contributed by atoms with E-state index in [4.69, 9.17) is 0 Å². The summed E-state index contributed by atoms with van der Waals surface area (Å²) in [6.07, 6.45) is 5.06. The quantitative estimate of drug-likeness (QED) is 0.814. The predicted molar refractivity (Wildman–Crippen MR) is 86.3 cm³/mol. The Morgan fingerprint density at radius 3 is 2.62 bits per heavy atom. The molecule has 0 atom stereocenters. The highest BCUT2D eigenvalue weighted by molar-refractivity contribution is 9.10. The molecule has 6 nitrogen and oxygen atoms in total. The fourth-order valence-electron chi connectivity index (χ4n) is 1.70. The first-order valence-corrected chi connectivity index (χ1v) is 9.49. The number of hydrogen-bond acceptors (Lipinski definition) is 5. The average Bonchev–Trinajstić information content (AvgIpc) is 3.17. The van der Waals surface area contributed by atoms with Crippen molar-refractivity contribution >= 4 is 31.5 Å². The van der Waals surface area contributed by atoms with Crippen LogP contribution in [0, 0.1) is 5.92 Å². The molecule has 0 saturated heterocycles. The van der Waals surface area contributed by atoms with Crippen LogP contribution < -0.4 is 10.9 Å². The molecule has 1 aliphatic carbocycles. The summed E-state index contributed by atoms with van der Waals surface area (Å²) < 4.78 is 24.3. The minimum Gasteiger partial charge on any atom is -0.381 e. The number of hydrogen-bond donors (Lipinski definition) is 1. The maximum Gasteiger partial charge on any atom is 0.283 e. The van der Waals surface area contributed by atoms with Crippen LogP contribution in [0.4, 0.5) is 5.69 Å². The lowest BCUT2D eigenvalue weighted by Gasteiger charge is -2.23. The third-order valence-corrected chi connectivity index (χ3v) is 6.74. The molecule has 1 heterocycles. The maximum atomic E-state index is 12.2. The first-order chi connectivity index (χ1) is 9.62. The standard InChI is InChI=1S/C13H20BrN3O3S/c1-13(2,21(3,19)20)8-15-10-6-16-17(7-9-4-5-9)12(18)11(10)14/h6,9,15H,4-5,7-8H2,1-3H3. The Hall–Kier alpha value is -0.890. The van der Waals surface area contributed by atoms with Gasteiger partial charge < -0.3 is 5.32 Å². The van der Waals surface area contributed by atoms with Crippen molar-refractivity contribution in [2.75, 3.05) is 18.1 Å². The molecule has 0 amide bonds. The number of halogens is 1. The van der Waals surface area contributed by atoms with E-state index >= 15 is 0 Å². The van der Waals surface area contributed by atoms with Crippen LogP contribution in [-0.2, 0) is 16.4 Å². The highest BCUT2D eigenvalue weighted by Gasteiger charge is 2.30. The van der Waals surface area contributed by atoms with Gasteiger partial charge in [-0.2, -0.15) is 5.10 Å². The summed E-state index contributed by atoms with van der Waals surface area (Å²) in [7, 11) is -3.19. The molecule has 21 heavy (non-hydrogen) atoms. The topological polar surface area (TPSA) is 81.1 Å². The largest absolute Gasteiger partial charge is 0.381 e. The number of nitrogens with zero attached hydrogens (tertiary/aromatic N) is 2. The van der Waals surface area contributed by atoms with Crippen molar-refractivity contribution in [2.24, 2.45) is 5.92 Å². The van der Waals surface area contributed by atoms with Crippen LogP contribution in [0.2, 0.25) is 0 Å². The molecule has 1 aromatic heterocycles. The van der Waals surface area contributed by atoms with E-state index in [9.17, 15) is 13.2 Å².